The predicted molar refractivity (Wildman–Crippen MR) is 121 cm³/mol. The molecule has 0 aliphatic carbocycles. The van der Waals surface area contributed by atoms with E-state index in [0.29, 0.717) is 37.2 Å². The molecule has 0 spiro atoms. The Balaban J connectivity index is 1.55. The average molecular weight is 510 g/mol. The van der Waals surface area contributed by atoms with Crippen LogP contribution < -0.4 is 5.32 Å². The molecule has 1 saturated heterocycles. The second kappa shape index (κ2) is 9.70. The number of hydrogen-bond donors (Lipinski definition) is 1. The first-order chi connectivity index (χ1) is 16.5. The summed E-state index contributed by atoms with van der Waals surface area (Å²) < 4.78 is 71.7. The maximum absolute atomic E-state index is 13.1. The van der Waals surface area contributed by atoms with E-state index in [1.807, 2.05) is 0 Å². The number of benzene rings is 2. The number of fused-ring (bicyclic) bond motifs is 1. The molecule has 0 bridgehead atoms. The van der Waals surface area contributed by atoms with Gasteiger partial charge in [0.25, 0.3) is 0 Å². The molecule has 12 heteroatoms. The van der Waals surface area contributed by atoms with E-state index in [0.717, 1.165) is 18.2 Å². The first-order valence-electron chi connectivity index (χ1n) is 10.7. The van der Waals surface area contributed by atoms with Gasteiger partial charge in [0.15, 0.2) is 9.84 Å². The highest BCUT2D eigenvalue weighted by atomic mass is 32.2. The van der Waals surface area contributed by atoms with Crippen molar-refractivity contribution in [3.05, 3.63) is 60.3 Å². The lowest BCUT2D eigenvalue weighted by Crippen LogP contribution is -2.42. The van der Waals surface area contributed by atoms with Crippen LogP contribution >= 0.6 is 0 Å². The number of nitrogens with one attached hydrogen (secondary N) is 1. The number of morpholine rings is 1. The minimum atomic E-state index is -4.60. The highest BCUT2D eigenvalue weighted by Gasteiger charge is 2.31. The number of aromatic nitrogens is 1. The standard InChI is InChI=1S/C23H22F3N3O5S/c24-23(25,26)16-4-3-5-17(12-16)27-21(30)15-35(32,33)20-13-29(19-7-2-1-6-18(19)20)14-22(31)28-8-10-34-11-9-28/h1-7,12-13H,8-11,14-15H2,(H,27,30). The van der Waals surface area contributed by atoms with E-state index in [-0.39, 0.29) is 23.0 Å². The molecular weight excluding hydrogens is 487 g/mol. The Morgan fingerprint density at radius 1 is 1.03 bits per heavy atom. The minimum absolute atomic E-state index is 0.0908. The summed E-state index contributed by atoms with van der Waals surface area (Å²) in [7, 11) is -4.18. The van der Waals surface area contributed by atoms with E-state index in [1.165, 1.54) is 16.8 Å². The third kappa shape index (κ3) is 5.65. The summed E-state index contributed by atoms with van der Waals surface area (Å²) in [6.45, 7) is 1.65. The molecule has 1 aromatic heterocycles. The summed E-state index contributed by atoms with van der Waals surface area (Å²) in [5, 5.41) is 2.55. The first kappa shape index (κ1) is 24.7. The monoisotopic (exact) mass is 509 g/mol. The second-order valence-electron chi connectivity index (χ2n) is 8.02. The van der Waals surface area contributed by atoms with Crippen LogP contribution in [-0.4, -0.2) is 61.8 Å². The number of sulfone groups is 1. The van der Waals surface area contributed by atoms with Gasteiger partial charge in [0.2, 0.25) is 11.8 Å². The van der Waals surface area contributed by atoms with Gasteiger partial charge >= 0.3 is 6.18 Å². The van der Waals surface area contributed by atoms with Crippen molar-refractivity contribution in [2.45, 2.75) is 17.6 Å². The van der Waals surface area contributed by atoms with Crippen molar-refractivity contribution in [1.29, 1.82) is 0 Å². The normalized spacial score (nSPS) is 14.8. The summed E-state index contributed by atoms with van der Waals surface area (Å²) in [5.41, 5.74) is -0.629. The molecule has 1 aliphatic rings. The number of rotatable bonds is 6. The number of amides is 2. The molecule has 0 unspecified atom stereocenters. The van der Waals surface area contributed by atoms with Crippen molar-refractivity contribution in [1.82, 2.24) is 9.47 Å². The molecule has 0 radical (unpaired) electrons. The van der Waals surface area contributed by atoms with Crippen LogP contribution in [-0.2, 0) is 36.9 Å². The van der Waals surface area contributed by atoms with Gasteiger partial charge in [-0.15, -0.1) is 0 Å². The molecule has 2 aromatic carbocycles. The maximum atomic E-state index is 13.1. The number of nitrogens with zero attached hydrogens (tertiary/aromatic N) is 2. The van der Waals surface area contributed by atoms with Crippen LogP contribution in [0, 0.1) is 0 Å². The van der Waals surface area contributed by atoms with Crippen LogP contribution in [0.3, 0.4) is 0 Å². The molecule has 1 fully saturated rings. The van der Waals surface area contributed by atoms with Crippen molar-refractivity contribution in [2.75, 3.05) is 37.4 Å². The lowest BCUT2D eigenvalue weighted by atomic mass is 10.2. The van der Waals surface area contributed by atoms with E-state index in [1.54, 1.807) is 29.2 Å². The van der Waals surface area contributed by atoms with Gasteiger partial charge in [-0.1, -0.05) is 24.3 Å². The number of carbonyl (C=O) groups is 2. The maximum Gasteiger partial charge on any atom is 0.416 e. The Hall–Kier alpha value is -3.38. The third-order valence-electron chi connectivity index (χ3n) is 5.55. The number of carbonyl (C=O) groups excluding carboxylic acids is 2. The van der Waals surface area contributed by atoms with E-state index in [9.17, 15) is 31.2 Å². The van der Waals surface area contributed by atoms with Gasteiger partial charge < -0.3 is 19.5 Å². The minimum Gasteiger partial charge on any atom is -0.378 e. The van der Waals surface area contributed by atoms with Crippen molar-refractivity contribution >= 4 is 38.2 Å². The van der Waals surface area contributed by atoms with Gasteiger partial charge in [-0.2, -0.15) is 13.2 Å². The van der Waals surface area contributed by atoms with Gasteiger partial charge in [0, 0.05) is 35.9 Å². The van der Waals surface area contributed by atoms with Gasteiger partial charge in [-0.3, -0.25) is 9.59 Å². The zero-order valence-corrected chi connectivity index (χ0v) is 19.2. The highest BCUT2D eigenvalue weighted by Crippen LogP contribution is 2.31. The quantitative estimate of drug-likeness (QED) is 0.551. The number of anilines is 1. The van der Waals surface area contributed by atoms with E-state index >= 15 is 0 Å². The van der Waals surface area contributed by atoms with Gasteiger partial charge in [0.1, 0.15) is 12.3 Å². The van der Waals surface area contributed by atoms with Crippen molar-refractivity contribution in [2.24, 2.45) is 0 Å². The second-order valence-corrected chi connectivity index (χ2v) is 9.98. The zero-order valence-electron chi connectivity index (χ0n) is 18.4. The van der Waals surface area contributed by atoms with Crippen LogP contribution in [0.1, 0.15) is 5.56 Å². The molecule has 0 atom stereocenters. The molecule has 8 nitrogen and oxygen atoms in total. The van der Waals surface area contributed by atoms with Crippen molar-refractivity contribution in [3.63, 3.8) is 0 Å². The number of halogens is 3. The molecule has 1 aliphatic heterocycles. The smallest absolute Gasteiger partial charge is 0.378 e. The molecule has 4 rings (SSSR count). The average Bonchev–Trinajstić information content (AvgIpc) is 3.18. The van der Waals surface area contributed by atoms with Crippen molar-refractivity contribution in [3.8, 4) is 0 Å². The van der Waals surface area contributed by atoms with E-state index in [2.05, 4.69) is 5.32 Å². The van der Waals surface area contributed by atoms with Gasteiger partial charge in [0.05, 0.1) is 23.7 Å². The van der Waals surface area contributed by atoms with Gasteiger partial charge in [-0.25, -0.2) is 8.42 Å². The molecule has 2 amide bonds. The lowest BCUT2D eigenvalue weighted by molar-refractivity contribution is -0.137. The Labute approximate surface area is 199 Å². The summed E-state index contributed by atoms with van der Waals surface area (Å²) in [5.74, 6) is -2.15. The molecule has 186 valence electrons. The molecule has 2 heterocycles. The SMILES string of the molecule is O=C(CS(=O)(=O)c1cn(CC(=O)N2CCOCC2)c2ccccc12)Nc1cccc(C(F)(F)F)c1. The largest absolute Gasteiger partial charge is 0.416 e. The molecule has 35 heavy (non-hydrogen) atoms. The third-order valence-corrected chi connectivity index (χ3v) is 7.19. The predicted octanol–water partition coefficient (Wildman–Crippen LogP) is 2.93. The van der Waals surface area contributed by atoms with Gasteiger partial charge in [-0.05, 0) is 24.3 Å². The molecular formula is C23H22F3N3O5S. The van der Waals surface area contributed by atoms with Crippen LogP contribution in [0.2, 0.25) is 0 Å². The Kier molecular flexibility index (Phi) is 6.86. The fraction of sp³-hybridized carbons (Fsp3) is 0.304. The highest BCUT2D eigenvalue weighted by molar-refractivity contribution is 7.92. The summed E-state index contributed by atoms with van der Waals surface area (Å²) in [6.07, 6.45) is -3.29. The Bertz CT molecular complexity index is 1360. The fourth-order valence-corrected chi connectivity index (χ4v) is 5.24. The first-order valence-corrected chi connectivity index (χ1v) is 12.3. The summed E-state index contributed by atoms with van der Waals surface area (Å²) in [6, 6.07) is 10.5. The zero-order chi connectivity index (χ0) is 25.2. The molecule has 0 saturated carbocycles. The van der Waals surface area contributed by atoms with Crippen molar-refractivity contribution < 1.29 is 35.9 Å². The van der Waals surface area contributed by atoms with E-state index < -0.39 is 33.2 Å². The van der Waals surface area contributed by atoms with Crippen LogP contribution in [0.4, 0.5) is 18.9 Å². The van der Waals surface area contributed by atoms with Crippen LogP contribution in [0.15, 0.2) is 59.6 Å². The number of alkyl halides is 3. The molecule has 3 aromatic rings. The van der Waals surface area contributed by atoms with E-state index in [4.69, 9.17) is 4.74 Å². The Morgan fingerprint density at radius 2 is 1.74 bits per heavy atom. The summed E-state index contributed by atoms with van der Waals surface area (Å²) in [4.78, 5) is 26.6. The summed E-state index contributed by atoms with van der Waals surface area (Å²) >= 11 is 0. The Morgan fingerprint density at radius 3 is 2.46 bits per heavy atom. The molecule has 1 N–H and O–H groups in total. The lowest BCUT2D eigenvalue weighted by Gasteiger charge is -2.27. The topological polar surface area (TPSA) is 97.7 Å². The number of para-hydroxylation sites is 1. The number of hydrogen-bond acceptors (Lipinski definition) is 5. The number of ether oxygens (including phenoxy) is 1. The van der Waals surface area contributed by atoms with Crippen LogP contribution in [0.5, 0.6) is 0 Å². The van der Waals surface area contributed by atoms with Crippen LogP contribution in [0.25, 0.3) is 10.9 Å². The fourth-order valence-electron chi connectivity index (χ4n) is 3.87.